The van der Waals surface area contributed by atoms with Crippen molar-refractivity contribution in [3.05, 3.63) is 5.53 Å². The lowest BCUT2D eigenvalue weighted by Crippen LogP contribution is -2.63. The van der Waals surface area contributed by atoms with Gasteiger partial charge in [-0.1, -0.05) is 0 Å². The summed E-state index contributed by atoms with van der Waals surface area (Å²) < 4.78 is 15.8. The van der Waals surface area contributed by atoms with Gasteiger partial charge in [-0.05, 0) is 13.0 Å². The zero-order chi connectivity index (χ0) is 11.9. The van der Waals surface area contributed by atoms with Gasteiger partial charge in [0.15, 0.2) is 0 Å². The molecular formula is C10H23N3O3. The molecule has 0 atom stereocenters. The number of nitrogens with zero attached hydrogens (tertiary/aromatic N) is 1. The van der Waals surface area contributed by atoms with Crippen LogP contribution in [0, 0.1) is 0 Å². The third-order valence-corrected chi connectivity index (χ3v) is 1.81. The van der Waals surface area contributed by atoms with E-state index in [1.807, 2.05) is 0 Å². The minimum absolute atomic E-state index is 0.551. The average Bonchev–Trinajstić information content (AvgIpc) is 2.31. The standard InChI is InChI=1S/C10H23N3O3/c11-3-1-5-14-7-9-16-10-8-15-6-2-4-13-12/h13H,1-11H2. The third-order valence-electron chi connectivity index (χ3n) is 1.81. The van der Waals surface area contributed by atoms with Crippen LogP contribution in [0.5, 0.6) is 0 Å². The Labute approximate surface area is 96.9 Å². The monoisotopic (exact) mass is 233 g/mol. The van der Waals surface area contributed by atoms with Crippen LogP contribution in [-0.4, -0.2) is 52.7 Å². The van der Waals surface area contributed by atoms with Crippen LogP contribution < -0.4 is 10.8 Å². The van der Waals surface area contributed by atoms with Crippen molar-refractivity contribution in [2.24, 2.45) is 5.73 Å². The molecule has 0 radical (unpaired) electrons. The van der Waals surface area contributed by atoms with Gasteiger partial charge < -0.3 is 30.6 Å². The molecule has 0 saturated carbocycles. The molecule has 0 spiro atoms. The molecule has 0 aliphatic heterocycles. The Morgan fingerprint density at radius 1 is 0.812 bits per heavy atom. The van der Waals surface area contributed by atoms with Gasteiger partial charge in [0, 0.05) is 13.0 Å². The lowest BCUT2D eigenvalue weighted by molar-refractivity contribution is -0.481. The Bertz CT molecular complexity index is 147. The van der Waals surface area contributed by atoms with Gasteiger partial charge in [0.1, 0.15) is 6.54 Å². The first kappa shape index (κ1) is 15.4. The number of ether oxygens (including phenoxy) is 3. The third kappa shape index (κ3) is 13.4. The minimum Gasteiger partial charge on any atom is -0.509 e. The summed E-state index contributed by atoms with van der Waals surface area (Å²) in [5.41, 5.74) is 13.6. The summed E-state index contributed by atoms with van der Waals surface area (Å²) in [4.78, 5) is 0. The van der Waals surface area contributed by atoms with Crippen molar-refractivity contribution in [3.8, 4) is 0 Å². The molecule has 0 aliphatic carbocycles. The van der Waals surface area contributed by atoms with Gasteiger partial charge in [0.2, 0.25) is 0 Å². The quantitative estimate of drug-likeness (QED) is 0.311. The van der Waals surface area contributed by atoms with Crippen LogP contribution in [0.25, 0.3) is 5.53 Å². The van der Waals surface area contributed by atoms with Gasteiger partial charge in [-0.2, -0.15) is 0 Å². The molecule has 0 heterocycles. The SMILES string of the molecule is [N-]=[NH+]CCCOCCOCCOCCCN. The van der Waals surface area contributed by atoms with E-state index in [0.29, 0.717) is 52.7 Å². The first-order chi connectivity index (χ1) is 7.91. The van der Waals surface area contributed by atoms with E-state index in [1.165, 1.54) is 0 Å². The van der Waals surface area contributed by atoms with Crippen molar-refractivity contribution in [3.63, 3.8) is 0 Å². The van der Waals surface area contributed by atoms with Crippen molar-refractivity contribution < 1.29 is 19.3 Å². The summed E-state index contributed by atoms with van der Waals surface area (Å²) in [6, 6.07) is 0. The summed E-state index contributed by atoms with van der Waals surface area (Å²) >= 11 is 0. The van der Waals surface area contributed by atoms with Crippen molar-refractivity contribution in [2.45, 2.75) is 12.8 Å². The predicted octanol–water partition coefficient (Wildman–Crippen LogP) is -1.12. The maximum atomic E-state index is 8.28. The van der Waals surface area contributed by atoms with Gasteiger partial charge >= 0.3 is 0 Å². The van der Waals surface area contributed by atoms with E-state index in [4.69, 9.17) is 25.5 Å². The number of hydrogen-bond donors (Lipinski definition) is 2. The minimum atomic E-state index is 0.551. The molecule has 3 N–H and O–H groups in total. The van der Waals surface area contributed by atoms with Gasteiger partial charge in [-0.15, -0.1) is 0 Å². The fourth-order valence-electron chi connectivity index (χ4n) is 0.981. The van der Waals surface area contributed by atoms with Gasteiger partial charge in [0.25, 0.3) is 0 Å². The Kier molecular flexibility index (Phi) is 13.9. The number of rotatable bonds is 13. The second kappa shape index (κ2) is 14.4. The summed E-state index contributed by atoms with van der Waals surface area (Å²) in [7, 11) is 0. The van der Waals surface area contributed by atoms with E-state index < -0.39 is 0 Å². The van der Waals surface area contributed by atoms with Crippen LogP contribution >= 0.6 is 0 Å². The normalized spacial score (nSPS) is 10.6. The highest BCUT2D eigenvalue weighted by atomic mass is 16.5. The van der Waals surface area contributed by atoms with E-state index >= 15 is 0 Å². The maximum Gasteiger partial charge on any atom is 0.131 e. The summed E-state index contributed by atoms with van der Waals surface area (Å²) in [5.74, 6) is 0. The summed E-state index contributed by atoms with van der Waals surface area (Å²) in [5, 5.41) is 2.07. The van der Waals surface area contributed by atoms with Crippen LogP contribution in [0.1, 0.15) is 12.8 Å². The Morgan fingerprint density at radius 3 is 1.81 bits per heavy atom. The Hall–Kier alpha value is -0.560. The van der Waals surface area contributed by atoms with Crippen molar-refractivity contribution in [2.75, 3.05) is 52.7 Å². The number of hydrogen-bond acceptors (Lipinski definition) is 4. The first-order valence-electron chi connectivity index (χ1n) is 5.72. The lowest BCUT2D eigenvalue weighted by Gasteiger charge is -2.05. The highest BCUT2D eigenvalue weighted by molar-refractivity contribution is 4.37. The highest BCUT2D eigenvalue weighted by Crippen LogP contribution is 1.84. The smallest absolute Gasteiger partial charge is 0.131 e. The lowest BCUT2D eigenvalue weighted by atomic mass is 10.5. The molecule has 0 unspecified atom stereocenters. The molecule has 0 rings (SSSR count). The van der Waals surface area contributed by atoms with Crippen molar-refractivity contribution >= 4 is 0 Å². The van der Waals surface area contributed by atoms with Crippen LogP contribution in [0.15, 0.2) is 0 Å². The van der Waals surface area contributed by atoms with Crippen LogP contribution in [0.3, 0.4) is 0 Å². The van der Waals surface area contributed by atoms with E-state index in [2.05, 4.69) is 5.11 Å². The van der Waals surface area contributed by atoms with Crippen LogP contribution in [0.4, 0.5) is 0 Å². The summed E-state index contributed by atoms with van der Waals surface area (Å²) in [6.45, 7) is 4.89. The molecule has 96 valence electrons. The molecule has 0 fully saturated rings. The van der Waals surface area contributed by atoms with Crippen LogP contribution in [0.2, 0.25) is 0 Å². The molecule has 0 aromatic rings. The molecule has 6 nitrogen and oxygen atoms in total. The fourth-order valence-corrected chi connectivity index (χ4v) is 0.981. The second-order valence-corrected chi connectivity index (χ2v) is 3.24. The molecule has 0 aromatic carbocycles. The van der Waals surface area contributed by atoms with Crippen molar-refractivity contribution in [1.29, 1.82) is 0 Å². The van der Waals surface area contributed by atoms with Crippen molar-refractivity contribution in [1.82, 2.24) is 0 Å². The zero-order valence-electron chi connectivity index (χ0n) is 9.82. The largest absolute Gasteiger partial charge is 0.509 e. The molecule has 0 amide bonds. The molecule has 0 aliphatic rings. The topological polar surface area (TPSA) is 90.0 Å². The van der Waals surface area contributed by atoms with E-state index in [0.717, 1.165) is 12.8 Å². The average molecular weight is 233 g/mol. The van der Waals surface area contributed by atoms with Gasteiger partial charge in [-0.25, -0.2) is 0 Å². The van der Waals surface area contributed by atoms with Gasteiger partial charge in [0.05, 0.1) is 33.0 Å². The molecule has 6 heteroatoms. The number of nitrogens with one attached hydrogen (secondary N) is 1. The second-order valence-electron chi connectivity index (χ2n) is 3.24. The highest BCUT2D eigenvalue weighted by Gasteiger charge is 1.91. The van der Waals surface area contributed by atoms with E-state index in [1.54, 1.807) is 0 Å². The predicted molar refractivity (Wildman–Crippen MR) is 59.9 cm³/mol. The Balaban J connectivity index is 2.85. The Morgan fingerprint density at radius 2 is 1.31 bits per heavy atom. The molecular weight excluding hydrogens is 210 g/mol. The molecule has 0 saturated heterocycles. The molecule has 0 bridgehead atoms. The van der Waals surface area contributed by atoms with E-state index in [9.17, 15) is 0 Å². The maximum absolute atomic E-state index is 8.28. The summed E-state index contributed by atoms with van der Waals surface area (Å²) in [6.07, 6.45) is 1.68. The van der Waals surface area contributed by atoms with Gasteiger partial charge in [-0.3, -0.25) is 0 Å². The number of nitrogens with two attached hydrogens (primary N) is 1. The zero-order valence-corrected chi connectivity index (χ0v) is 9.82. The van der Waals surface area contributed by atoms with Crippen LogP contribution in [-0.2, 0) is 14.2 Å². The fraction of sp³-hybridized carbons (Fsp3) is 1.00. The molecule has 0 aromatic heterocycles. The first-order valence-corrected chi connectivity index (χ1v) is 5.72. The molecule has 16 heavy (non-hydrogen) atoms. The van der Waals surface area contributed by atoms with E-state index in [-0.39, 0.29) is 0 Å².